The van der Waals surface area contributed by atoms with Crippen LogP contribution in [0.25, 0.3) is 0 Å². The van der Waals surface area contributed by atoms with Gasteiger partial charge in [-0.2, -0.15) is 4.31 Å². The topological polar surface area (TPSA) is 49.4 Å². The van der Waals surface area contributed by atoms with Gasteiger partial charge in [0.1, 0.15) is 10.7 Å². The van der Waals surface area contributed by atoms with E-state index in [1.807, 2.05) is 0 Å². The van der Waals surface area contributed by atoms with Gasteiger partial charge in [0, 0.05) is 19.1 Å². The summed E-state index contributed by atoms with van der Waals surface area (Å²) in [4.78, 5) is -0.178. The minimum atomic E-state index is -3.73. The molecule has 1 aromatic rings. The van der Waals surface area contributed by atoms with Crippen molar-refractivity contribution in [3.63, 3.8) is 0 Å². The molecule has 0 spiro atoms. The fourth-order valence-corrected chi connectivity index (χ4v) is 4.42. The van der Waals surface area contributed by atoms with Gasteiger partial charge in [0.25, 0.3) is 0 Å². The lowest BCUT2D eigenvalue weighted by molar-refractivity contribution is 0.386. The van der Waals surface area contributed by atoms with E-state index in [9.17, 15) is 12.8 Å². The maximum atomic E-state index is 14.1. The summed E-state index contributed by atoms with van der Waals surface area (Å²) in [5, 5.41) is 2.96. The molecule has 0 heterocycles. The van der Waals surface area contributed by atoms with Gasteiger partial charge in [0.05, 0.1) is 0 Å². The SMILES string of the molecule is CNCc1ccc(F)c(S(=O)(=O)N(CC2CC2)C2CC2)c1. The Balaban J connectivity index is 1.93. The van der Waals surface area contributed by atoms with Gasteiger partial charge in [-0.1, -0.05) is 6.07 Å². The van der Waals surface area contributed by atoms with Gasteiger partial charge >= 0.3 is 0 Å². The number of nitrogens with zero attached hydrogens (tertiary/aromatic N) is 1. The molecule has 2 aliphatic rings. The van der Waals surface area contributed by atoms with Crippen LogP contribution in [0.2, 0.25) is 0 Å². The first-order valence-corrected chi connectivity index (χ1v) is 8.91. The quantitative estimate of drug-likeness (QED) is 0.839. The average molecular weight is 312 g/mol. The maximum absolute atomic E-state index is 14.1. The van der Waals surface area contributed by atoms with Crippen molar-refractivity contribution in [1.29, 1.82) is 0 Å². The van der Waals surface area contributed by atoms with Crippen molar-refractivity contribution in [3.8, 4) is 0 Å². The smallest absolute Gasteiger partial charge is 0.246 e. The Morgan fingerprint density at radius 3 is 2.57 bits per heavy atom. The highest BCUT2D eigenvalue weighted by Crippen LogP contribution is 2.38. The van der Waals surface area contributed by atoms with Crippen LogP contribution in [0.4, 0.5) is 4.39 Å². The minimum Gasteiger partial charge on any atom is -0.316 e. The Morgan fingerprint density at radius 1 is 1.29 bits per heavy atom. The molecule has 0 atom stereocenters. The molecular weight excluding hydrogens is 291 g/mol. The molecule has 2 aliphatic carbocycles. The number of nitrogens with one attached hydrogen (secondary N) is 1. The van der Waals surface area contributed by atoms with Crippen LogP contribution >= 0.6 is 0 Å². The van der Waals surface area contributed by atoms with Crippen LogP contribution in [0.5, 0.6) is 0 Å². The second-order valence-corrected chi connectivity index (χ2v) is 7.90. The third-order valence-corrected chi connectivity index (χ3v) is 5.99. The highest BCUT2D eigenvalue weighted by Gasteiger charge is 2.42. The van der Waals surface area contributed by atoms with Gasteiger partial charge in [-0.3, -0.25) is 0 Å². The van der Waals surface area contributed by atoms with Crippen molar-refractivity contribution < 1.29 is 12.8 Å². The van der Waals surface area contributed by atoms with E-state index in [1.54, 1.807) is 13.1 Å². The zero-order valence-corrected chi connectivity index (χ0v) is 13.0. The van der Waals surface area contributed by atoms with Gasteiger partial charge in [-0.25, -0.2) is 12.8 Å². The fourth-order valence-electron chi connectivity index (χ4n) is 2.55. The number of rotatable bonds is 7. The third-order valence-electron chi connectivity index (χ3n) is 4.05. The highest BCUT2D eigenvalue weighted by molar-refractivity contribution is 7.89. The number of benzene rings is 1. The number of sulfonamides is 1. The molecule has 0 bridgehead atoms. The Bertz CT molecular complexity index is 625. The summed E-state index contributed by atoms with van der Waals surface area (Å²) >= 11 is 0. The molecule has 116 valence electrons. The Hall–Kier alpha value is -0.980. The maximum Gasteiger partial charge on any atom is 0.246 e. The lowest BCUT2D eigenvalue weighted by Crippen LogP contribution is -2.35. The molecule has 4 nitrogen and oxygen atoms in total. The van der Waals surface area contributed by atoms with Crippen molar-refractivity contribution in [1.82, 2.24) is 9.62 Å². The van der Waals surface area contributed by atoms with Crippen LogP contribution < -0.4 is 5.32 Å². The Kier molecular flexibility index (Phi) is 4.03. The van der Waals surface area contributed by atoms with Gasteiger partial charge in [-0.05, 0) is 56.3 Å². The van der Waals surface area contributed by atoms with Crippen molar-refractivity contribution >= 4 is 10.0 Å². The fraction of sp³-hybridized carbons (Fsp3) is 0.600. The van der Waals surface area contributed by atoms with Crippen LogP contribution in [-0.2, 0) is 16.6 Å². The summed E-state index contributed by atoms with van der Waals surface area (Å²) < 4.78 is 41.3. The standard InChI is InChI=1S/C15H21FN2O2S/c1-17-9-12-4-7-14(16)15(8-12)21(19,20)18(13-5-6-13)10-11-2-3-11/h4,7-8,11,13,17H,2-3,5-6,9-10H2,1H3. The van der Waals surface area contributed by atoms with Gasteiger partial charge < -0.3 is 5.32 Å². The van der Waals surface area contributed by atoms with Crippen LogP contribution in [0, 0.1) is 11.7 Å². The van der Waals surface area contributed by atoms with E-state index >= 15 is 0 Å². The van der Waals surface area contributed by atoms with Crippen molar-refractivity contribution in [2.24, 2.45) is 5.92 Å². The largest absolute Gasteiger partial charge is 0.316 e. The lowest BCUT2D eigenvalue weighted by atomic mass is 10.2. The molecular formula is C15H21FN2O2S. The van der Waals surface area contributed by atoms with Crippen molar-refractivity contribution in [3.05, 3.63) is 29.6 Å². The molecule has 21 heavy (non-hydrogen) atoms. The molecule has 0 radical (unpaired) electrons. The van der Waals surface area contributed by atoms with E-state index in [4.69, 9.17) is 0 Å². The van der Waals surface area contributed by atoms with Crippen molar-refractivity contribution in [2.45, 2.75) is 43.2 Å². The average Bonchev–Trinajstić information content (AvgIpc) is 3.31. The summed E-state index contributed by atoms with van der Waals surface area (Å²) in [5.41, 5.74) is 0.777. The van der Waals surface area contributed by atoms with Crippen LogP contribution in [0.15, 0.2) is 23.1 Å². The number of hydrogen-bond donors (Lipinski definition) is 1. The molecule has 0 saturated heterocycles. The molecule has 0 unspecified atom stereocenters. The first-order valence-electron chi connectivity index (χ1n) is 7.47. The van der Waals surface area contributed by atoms with E-state index in [0.717, 1.165) is 31.2 Å². The second-order valence-electron chi connectivity index (χ2n) is 6.04. The normalized spacial score (nSPS) is 19.2. The molecule has 1 aromatic carbocycles. The molecule has 2 fully saturated rings. The van der Waals surface area contributed by atoms with Gasteiger partial charge in [0.15, 0.2) is 0 Å². The number of hydrogen-bond acceptors (Lipinski definition) is 3. The van der Waals surface area contributed by atoms with E-state index in [2.05, 4.69) is 5.32 Å². The Morgan fingerprint density at radius 2 is 2.00 bits per heavy atom. The summed E-state index contributed by atoms with van der Waals surface area (Å²) in [6.45, 7) is 1.07. The molecule has 0 aromatic heterocycles. The van der Waals surface area contributed by atoms with Gasteiger partial charge in [-0.15, -0.1) is 0 Å². The predicted octanol–water partition coefficient (Wildman–Crippen LogP) is 2.11. The Labute approximate surface area is 125 Å². The van der Waals surface area contributed by atoms with E-state index in [1.165, 1.54) is 16.4 Å². The first-order chi connectivity index (χ1) is 10.0. The predicted molar refractivity (Wildman–Crippen MR) is 78.8 cm³/mol. The number of halogens is 1. The molecule has 0 aliphatic heterocycles. The summed E-state index contributed by atoms with van der Waals surface area (Å²) in [7, 11) is -1.95. The van der Waals surface area contributed by atoms with E-state index in [0.29, 0.717) is 19.0 Å². The molecule has 1 N–H and O–H groups in total. The summed E-state index contributed by atoms with van der Waals surface area (Å²) in [6.07, 6.45) is 3.95. The third kappa shape index (κ3) is 3.27. The summed E-state index contributed by atoms with van der Waals surface area (Å²) in [6, 6.07) is 4.40. The zero-order valence-electron chi connectivity index (χ0n) is 12.2. The highest BCUT2D eigenvalue weighted by atomic mass is 32.2. The molecule has 6 heteroatoms. The second kappa shape index (κ2) is 5.66. The molecule has 0 amide bonds. The first kappa shape index (κ1) is 14.9. The van der Waals surface area contributed by atoms with Crippen LogP contribution in [0.3, 0.4) is 0 Å². The molecule has 3 rings (SSSR count). The lowest BCUT2D eigenvalue weighted by Gasteiger charge is -2.22. The zero-order chi connectivity index (χ0) is 15.0. The molecule has 2 saturated carbocycles. The van der Waals surface area contributed by atoms with Crippen LogP contribution in [0.1, 0.15) is 31.2 Å². The van der Waals surface area contributed by atoms with E-state index in [-0.39, 0.29) is 10.9 Å². The van der Waals surface area contributed by atoms with Gasteiger partial charge in [0.2, 0.25) is 10.0 Å². The van der Waals surface area contributed by atoms with Crippen LogP contribution in [-0.4, -0.2) is 32.4 Å². The monoisotopic (exact) mass is 312 g/mol. The van der Waals surface area contributed by atoms with E-state index < -0.39 is 15.8 Å². The minimum absolute atomic E-state index is 0.0722. The van der Waals surface area contributed by atoms with Crippen molar-refractivity contribution in [2.75, 3.05) is 13.6 Å². The summed E-state index contributed by atoms with van der Waals surface area (Å²) in [5.74, 6) is -0.194.